The van der Waals surface area contributed by atoms with Gasteiger partial charge in [0.2, 0.25) is 0 Å². The molecule has 2 atom stereocenters. The maximum absolute atomic E-state index is 12.0. The van der Waals surface area contributed by atoms with E-state index in [9.17, 15) is 9.90 Å². The first-order valence-corrected chi connectivity index (χ1v) is 9.96. The largest absolute Gasteiger partial charge is 0.508 e. The fourth-order valence-electron chi connectivity index (χ4n) is 5.36. The van der Waals surface area contributed by atoms with Gasteiger partial charge in [0.15, 0.2) is 5.78 Å². The second-order valence-electron chi connectivity index (χ2n) is 8.38. The second-order valence-corrected chi connectivity index (χ2v) is 8.38. The zero-order chi connectivity index (χ0) is 19.3. The smallest absolute Gasteiger partial charge is 0.156 e. The maximum atomic E-state index is 12.0. The number of ether oxygens (including phenoxy) is 1. The zero-order valence-electron chi connectivity index (χ0n) is 16.1. The van der Waals surface area contributed by atoms with Gasteiger partial charge >= 0.3 is 0 Å². The summed E-state index contributed by atoms with van der Waals surface area (Å²) in [7, 11) is 1.68. The lowest BCUT2D eigenvalue weighted by Crippen LogP contribution is -2.23. The number of hydrogen-bond acceptors (Lipinski definition) is 3. The minimum Gasteiger partial charge on any atom is -0.508 e. The summed E-state index contributed by atoms with van der Waals surface area (Å²) >= 11 is 0. The molecule has 0 aromatic heterocycles. The Hall–Kier alpha value is -2.81. The number of rotatable bonds is 3. The number of hydrogen-bond donors (Lipinski definition) is 1. The van der Waals surface area contributed by atoms with Crippen LogP contribution in [0.3, 0.4) is 0 Å². The highest BCUT2D eigenvalue weighted by Gasteiger charge is 2.48. The number of carbonyl (C=O) groups is 1. The number of methoxy groups -OCH3 is 1. The van der Waals surface area contributed by atoms with Gasteiger partial charge in [-0.1, -0.05) is 24.3 Å². The molecule has 1 spiro atoms. The van der Waals surface area contributed by atoms with Crippen LogP contribution in [-0.2, 0) is 17.6 Å². The van der Waals surface area contributed by atoms with Gasteiger partial charge in [-0.15, -0.1) is 0 Å². The highest BCUT2D eigenvalue weighted by molar-refractivity contribution is 5.93. The summed E-state index contributed by atoms with van der Waals surface area (Å²) in [4.78, 5) is 12.0. The van der Waals surface area contributed by atoms with Gasteiger partial charge in [-0.2, -0.15) is 0 Å². The number of fused-ring (bicyclic) bond motifs is 2. The van der Waals surface area contributed by atoms with Crippen LogP contribution >= 0.6 is 0 Å². The van der Waals surface area contributed by atoms with E-state index in [4.69, 9.17) is 4.74 Å². The lowest BCUT2D eigenvalue weighted by atomic mass is 9.72. The van der Waals surface area contributed by atoms with Gasteiger partial charge in [0.1, 0.15) is 11.5 Å². The van der Waals surface area contributed by atoms with E-state index in [-0.39, 0.29) is 17.1 Å². The molecule has 28 heavy (non-hydrogen) atoms. The van der Waals surface area contributed by atoms with Crippen molar-refractivity contribution in [3.8, 4) is 11.5 Å². The van der Waals surface area contributed by atoms with Gasteiger partial charge in [0.25, 0.3) is 0 Å². The Morgan fingerprint density at radius 2 is 1.89 bits per heavy atom. The molecule has 2 aromatic rings. The molecule has 3 aliphatic carbocycles. The van der Waals surface area contributed by atoms with Crippen LogP contribution in [0.4, 0.5) is 0 Å². The van der Waals surface area contributed by atoms with E-state index in [1.54, 1.807) is 13.2 Å². The van der Waals surface area contributed by atoms with Crippen molar-refractivity contribution in [2.75, 3.05) is 7.11 Å². The molecule has 0 saturated heterocycles. The van der Waals surface area contributed by atoms with Crippen LogP contribution in [-0.4, -0.2) is 18.0 Å². The molecule has 3 aliphatic rings. The Morgan fingerprint density at radius 3 is 2.68 bits per heavy atom. The van der Waals surface area contributed by atoms with Gasteiger partial charge < -0.3 is 9.84 Å². The third kappa shape index (κ3) is 2.77. The molecule has 0 aliphatic heterocycles. The SMILES string of the molecule is COc1ccc(CC2c3cc(O)ccc3CC23C=C2CCC(=O)C=C2C3)cc1. The lowest BCUT2D eigenvalue weighted by molar-refractivity contribution is -0.114. The van der Waals surface area contributed by atoms with Crippen molar-refractivity contribution in [3.05, 3.63) is 82.5 Å². The van der Waals surface area contributed by atoms with Crippen molar-refractivity contribution < 1.29 is 14.6 Å². The van der Waals surface area contributed by atoms with Crippen molar-refractivity contribution in [3.63, 3.8) is 0 Å². The van der Waals surface area contributed by atoms with Crippen molar-refractivity contribution in [1.29, 1.82) is 0 Å². The standard InChI is InChI=1S/C25H24O3/c1-28-22-8-2-16(3-9-22)10-24-23-12-21(27)7-5-18(23)14-25(24)13-17-4-6-20(26)11-19(17)15-25/h2-3,5,7-9,11-13,24,27H,4,6,10,14-15H2,1H3. The van der Waals surface area contributed by atoms with Gasteiger partial charge in [-0.05, 0) is 89.8 Å². The Kier molecular flexibility index (Phi) is 3.94. The number of allylic oxidation sites excluding steroid dienone is 4. The molecule has 5 rings (SSSR count). The topological polar surface area (TPSA) is 46.5 Å². The molecule has 0 saturated carbocycles. The van der Waals surface area contributed by atoms with E-state index < -0.39 is 0 Å². The van der Waals surface area contributed by atoms with E-state index >= 15 is 0 Å². The molecule has 142 valence electrons. The van der Waals surface area contributed by atoms with E-state index in [1.165, 1.54) is 27.8 Å². The van der Waals surface area contributed by atoms with Crippen molar-refractivity contribution in [1.82, 2.24) is 0 Å². The summed E-state index contributed by atoms with van der Waals surface area (Å²) in [5, 5.41) is 10.1. The van der Waals surface area contributed by atoms with Crippen molar-refractivity contribution >= 4 is 5.78 Å². The monoisotopic (exact) mass is 372 g/mol. The summed E-state index contributed by atoms with van der Waals surface area (Å²) in [6.07, 6.45) is 8.62. The third-order valence-corrected chi connectivity index (χ3v) is 6.69. The molecule has 0 bridgehead atoms. The Bertz CT molecular complexity index is 1010. The van der Waals surface area contributed by atoms with E-state index in [2.05, 4.69) is 24.3 Å². The summed E-state index contributed by atoms with van der Waals surface area (Å²) in [5.74, 6) is 1.73. The minimum absolute atomic E-state index is 0.00183. The first kappa shape index (κ1) is 17.3. The van der Waals surface area contributed by atoms with Crippen LogP contribution in [0.1, 0.15) is 41.9 Å². The quantitative estimate of drug-likeness (QED) is 0.834. The third-order valence-electron chi connectivity index (χ3n) is 6.69. The van der Waals surface area contributed by atoms with Gasteiger partial charge in [-0.3, -0.25) is 4.79 Å². The zero-order valence-corrected chi connectivity index (χ0v) is 16.1. The molecule has 2 aromatic carbocycles. The van der Waals surface area contributed by atoms with Crippen molar-refractivity contribution in [2.24, 2.45) is 5.41 Å². The first-order valence-electron chi connectivity index (χ1n) is 9.96. The highest BCUT2D eigenvalue weighted by atomic mass is 16.5. The number of carbonyl (C=O) groups excluding carboxylic acids is 1. The fraction of sp³-hybridized carbons (Fsp3) is 0.320. The molecule has 0 heterocycles. The Balaban J connectivity index is 1.56. The number of benzene rings is 2. The molecule has 3 nitrogen and oxygen atoms in total. The second kappa shape index (κ2) is 6.37. The molecular weight excluding hydrogens is 348 g/mol. The molecule has 0 radical (unpaired) electrons. The fourth-order valence-corrected chi connectivity index (χ4v) is 5.36. The van der Waals surface area contributed by atoms with E-state index in [0.717, 1.165) is 31.4 Å². The number of ketones is 1. The molecule has 1 N–H and O–H groups in total. The summed E-state index contributed by atoms with van der Waals surface area (Å²) in [6.45, 7) is 0. The van der Waals surface area contributed by atoms with Crippen LogP contribution in [0, 0.1) is 5.41 Å². The first-order chi connectivity index (χ1) is 13.6. The van der Waals surface area contributed by atoms with Crippen LogP contribution in [0.2, 0.25) is 0 Å². The average molecular weight is 372 g/mol. The van der Waals surface area contributed by atoms with E-state index in [0.29, 0.717) is 12.2 Å². The summed E-state index contributed by atoms with van der Waals surface area (Å²) in [5.41, 5.74) is 6.42. The molecule has 2 unspecified atom stereocenters. The van der Waals surface area contributed by atoms with Crippen LogP contribution < -0.4 is 4.74 Å². The van der Waals surface area contributed by atoms with Crippen molar-refractivity contribution in [2.45, 2.75) is 38.0 Å². The predicted octanol–water partition coefficient (Wildman–Crippen LogP) is 4.89. The molecule has 3 heteroatoms. The minimum atomic E-state index is 0.00183. The average Bonchev–Trinajstić information content (AvgIpc) is 3.19. The van der Waals surface area contributed by atoms with Gasteiger partial charge in [-0.25, -0.2) is 0 Å². The maximum Gasteiger partial charge on any atom is 0.156 e. The normalized spacial score (nSPS) is 25.3. The molecule has 0 amide bonds. The number of phenols is 1. The Labute approximate surface area is 165 Å². The van der Waals surface area contributed by atoms with Crippen LogP contribution in [0.25, 0.3) is 0 Å². The number of aromatic hydroxyl groups is 1. The number of phenolic OH excluding ortho intramolecular Hbond substituents is 1. The summed E-state index contributed by atoms with van der Waals surface area (Å²) in [6, 6.07) is 14.1. The molecule has 0 fully saturated rings. The van der Waals surface area contributed by atoms with Gasteiger partial charge in [0, 0.05) is 11.8 Å². The predicted molar refractivity (Wildman–Crippen MR) is 109 cm³/mol. The molecular formula is C25H24O3. The lowest BCUT2D eigenvalue weighted by Gasteiger charge is -2.30. The van der Waals surface area contributed by atoms with Gasteiger partial charge in [0.05, 0.1) is 7.11 Å². The summed E-state index contributed by atoms with van der Waals surface area (Å²) < 4.78 is 5.30. The van der Waals surface area contributed by atoms with Crippen LogP contribution in [0.5, 0.6) is 11.5 Å². The van der Waals surface area contributed by atoms with Crippen LogP contribution in [0.15, 0.2) is 65.8 Å². The highest BCUT2D eigenvalue weighted by Crippen LogP contribution is 2.58. The van der Waals surface area contributed by atoms with E-state index in [1.807, 2.05) is 24.3 Å². The Morgan fingerprint density at radius 1 is 1.07 bits per heavy atom.